The number of ketones is 1. The molecule has 1 unspecified atom stereocenters. The van der Waals surface area contributed by atoms with Crippen molar-refractivity contribution in [2.75, 3.05) is 245 Å². The van der Waals surface area contributed by atoms with Gasteiger partial charge in [-0.2, -0.15) is 58.9 Å². The first-order valence-electron chi connectivity index (χ1n) is 42.1. The fourth-order valence-electron chi connectivity index (χ4n) is 14.2. The third kappa shape index (κ3) is 38.4. The second kappa shape index (κ2) is 61.4. The van der Waals surface area contributed by atoms with Crippen LogP contribution in [-0.4, -0.2) is 497 Å². The van der Waals surface area contributed by atoms with Gasteiger partial charge < -0.3 is 123 Å². The lowest BCUT2D eigenvalue weighted by molar-refractivity contribution is -0.388. The number of methoxy groups -OCH3 is 9. The Kier molecular flexibility index (Phi) is 54.8. The molecular weight excluding hydrogens is 2080 g/mol. The molecule has 0 bridgehead atoms. The first-order valence-corrected chi connectivity index (χ1v) is 52.5. The molecule has 6 heterocycles. The number of rotatable bonds is 72. The van der Waals surface area contributed by atoms with Gasteiger partial charge in [-0.1, -0.05) is 6.92 Å². The first-order chi connectivity index (χ1) is 66.4. The molecule has 0 aliphatic carbocycles. The Morgan fingerprint density at radius 3 is 1.01 bits per heavy atom. The molecule has 68 heteroatoms. The quantitative estimate of drug-likeness (QED) is 0.0311. The number of amides is 2. The summed E-state index contributed by atoms with van der Waals surface area (Å²) in [5.74, 6) is -2.75. The van der Waals surface area contributed by atoms with Crippen molar-refractivity contribution in [2.45, 2.75) is 191 Å². The Balaban J connectivity index is 1.17. The molecule has 140 heavy (non-hydrogen) atoms. The van der Waals surface area contributed by atoms with E-state index in [4.69, 9.17) is 152 Å². The van der Waals surface area contributed by atoms with Gasteiger partial charge in [0.2, 0.25) is 11.8 Å². The van der Waals surface area contributed by atoms with Gasteiger partial charge in [0, 0.05) is 81.5 Å². The molecular formula is C72H125NO59S8. The highest BCUT2D eigenvalue weighted by Gasteiger charge is 2.63. The van der Waals surface area contributed by atoms with E-state index in [9.17, 15) is 82.9 Å². The van der Waals surface area contributed by atoms with Crippen molar-refractivity contribution in [1.29, 1.82) is 0 Å². The number of imide groups is 1. The van der Waals surface area contributed by atoms with Crippen LogP contribution in [0.1, 0.15) is 32.6 Å². The fraction of sp³-hybridized carbons (Fsp3) is 0.931. The van der Waals surface area contributed by atoms with E-state index in [1.165, 1.54) is 30.9 Å². The average molecular weight is 2210 g/mol. The molecule has 0 aromatic rings. The Bertz CT molecular complexity index is 4550. The van der Waals surface area contributed by atoms with Crippen LogP contribution >= 0.6 is 11.8 Å². The van der Waals surface area contributed by atoms with E-state index in [0.29, 0.717) is 101 Å². The van der Waals surface area contributed by atoms with Gasteiger partial charge in [-0.15, -0.1) is 11.8 Å². The number of hydrogen-bond acceptors (Lipinski definition) is 60. The van der Waals surface area contributed by atoms with Crippen LogP contribution in [0, 0.1) is 0 Å². The van der Waals surface area contributed by atoms with Gasteiger partial charge in [0.15, 0.2) is 61.6 Å². The molecule has 820 valence electrons. The smallest absolute Gasteiger partial charge is 0.400 e. The highest BCUT2D eigenvalue weighted by molar-refractivity contribution is 8.00. The van der Waals surface area contributed by atoms with Crippen LogP contribution in [0.2, 0.25) is 0 Å². The van der Waals surface area contributed by atoms with Crippen molar-refractivity contribution >= 4 is 114 Å². The molecule has 6 saturated heterocycles. The lowest BCUT2D eigenvalue weighted by Crippen LogP contribution is -2.70. The topological polar surface area (TPSA) is 697 Å². The van der Waals surface area contributed by atoms with E-state index in [1.807, 2.05) is 6.92 Å². The molecule has 0 radical (unpaired) electrons. The SMILES string of the molecule is CCCN1C(=O)CC(SCCOCCOCCOCCOCC(=O)CCCOCCOCCOCCO[C@H]2[C@H](OC)[C@@H](OC)[C@@H](O[C@H]3[C@H](OC)[C@@H](OC)[C@H](O[C@H]4[C@H](OS(=O)(=O)OC)[C@@H](OS(=O)(=O)OC)[C@@H](O[C@H]5[C@H](OC)[C@@H](OC)[C@H](O[C@H]6[C@H](OS(=O)(=O)OC)[C@@H](OS(=O)(=O)OC)[C@@H](OC)O[C@@H]6COS(=O)(=O)OC)O[C@H]5C(=O)OC)O[C@@H]4COS(=O)(=O)OC)O[C@@H]3C(=O)OC)O[C@@H]2COS(=O)(=O)OC)C1=O. The van der Waals surface area contributed by atoms with Gasteiger partial charge in [0.25, 0.3) is 0 Å². The minimum absolute atomic E-state index is 0.0329. The summed E-state index contributed by atoms with van der Waals surface area (Å²) < 4.78 is 406. The van der Waals surface area contributed by atoms with Gasteiger partial charge in [0.1, 0.15) is 104 Å². The fourth-order valence-corrected chi connectivity index (χ4v) is 18.6. The summed E-state index contributed by atoms with van der Waals surface area (Å²) in [5, 5.41) is -0.368. The normalized spacial score (nSPS) is 30.3. The number of thioether (sulfide) groups is 1. The number of nitrogens with zero attached hydrogens (tertiary/aromatic N) is 1. The Morgan fingerprint density at radius 2 is 0.650 bits per heavy atom. The number of likely N-dealkylation sites (tertiary alicyclic amines) is 1. The summed E-state index contributed by atoms with van der Waals surface area (Å²) in [6.45, 7) is 1.05. The van der Waals surface area contributed by atoms with Gasteiger partial charge in [-0.3, -0.25) is 48.6 Å². The number of Topliss-reactive ketones (excluding diaryl/α,β-unsaturated/α-hetero) is 1. The van der Waals surface area contributed by atoms with Crippen LogP contribution in [-0.2, 0) is 278 Å². The minimum Gasteiger partial charge on any atom is -0.467 e. The molecule has 6 rings (SSSR count). The summed E-state index contributed by atoms with van der Waals surface area (Å²) in [4.78, 5) is 67.0. The van der Waals surface area contributed by atoms with E-state index in [0.717, 1.165) is 56.9 Å². The molecule has 0 spiro atoms. The summed E-state index contributed by atoms with van der Waals surface area (Å²) in [5.41, 5.74) is 0. The van der Waals surface area contributed by atoms with Gasteiger partial charge in [0.05, 0.1) is 175 Å². The first kappa shape index (κ1) is 125. The minimum atomic E-state index is -5.64. The monoisotopic (exact) mass is 2200 g/mol. The maximum atomic E-state index is 14.4. The Labute approximate surface area is 815 Å². The zero-order valence-electron chi connectivity index (χ0n) is 79.3. The zero-order valence-corrected chi connectivity index (χ0v) is 85.8. The molecule has 6 fully saturated rings. The number of esters is 2. The second-order valence-electron chi connectivity index (χ2n) is 29.1. The zero-order chi connectivity index (χ0) is 104. The van der Waals surface area contributed by atoms with E-state index in [2.05, 4.69) is 29.3 Å². The average Bonchev–Trinajstić information content (AvgIpc) is 0.826. The maximum Gasteiger partial charge on any atom is 0.400 e. The van der Waals surface area contributed by atoms with Gasteiger partial charge in [-0.25, -0.2) is 38.9 Å². The molecule has 0 aromatic heterocycles. The number of carbonyl (C=O) groups is 5. The lowest BCUT2D eigenvalue weighted by atomic mass is 9.94. The predicted octanol–water partition coefficient (Wildman–Crippen LogP) is -5.82. The van der Waals surface area contributed by atoms with E-state index in [1.54, 1.807) is 0 Å². The molecule has 60 nitrogen and oxygen atoms in total. The largest absolute Gasteiger partial charge is 0.467 e. The highest BCUT2D eigenvalue weighted by atomic mass is 32.3. The van der Waals surface area contributed by atoms with Crippen LogP contribution in [0.15, 0.2) is 0 Å². The molecule has 0 aromatic carbocycles. The van der Waals surface area contributed by atoms with Crippen LogP contribution in [0.3, 0.4) is 0 Å². The van der Waals surface area contributed by atoms with Gasteiger partial charge in [-0.05, 0) is 12.8 Å². The number of carbonyl (C=O) groups excluding carboxylic acids is 5. The summed E-state index contributed by atoms with van der Waals surface area (Å²) in [7, 11) is -23.9. The van der Waals surface area contributed by atoms with E-state index in [-0.39, 0.29) is 102 Å². The van der Waals surface area contributed by atoms with Crippen molar-refractivity contribution in [1.82, 2.24) is 4.90 Å². The standard InChI is InChI=1S/C72H125NO59S8/c1-18-21-73-47(75)37-46(65(73)76)133-36-35-114-30-29-111-25-26-112-31-32-115-38-42(74)20-19-22-109-23-24-110-27-28-113-33-34-116-48-43(39-117-134(79,80)102-11)121-69(60(96-5)51(48)93-2)125-54-52(94-3)61(97-6)71(127-58(54)66(77)99-8)124-50-45(41-119-136(83,84)104-13)122-72(64(132-140(91,92)108-17)57(50)130-138(87,88)106-15)126-55-53(95-4)62(98-7)70(128-59(55)67(78)100-9)123-49-44(40-118-135(81,82)103-12)120-68(101-10)63(131-139(89,90)107-16)56(49)129-137(85,86)105-14/h43-46,48-64,68-72H,18-41H2,1-17H3/t43-,44-,45-,46?,48-,49-,50-,51+,52+,53+,54+,55+,56+,57+,58+,59-,60-,61-,62-,63-,64-,68+,69-,70-,71-,72-/m1/s1. The van der Waals surface area contributed by atoms with Gasteiger partial charge >= 0.3 is 84.7 Å². The van der Waals surface area contributed by atoms with Crippen molar-refractivity contribution in [3.63, 3.8) is 0 Å². The van der Waals surface area contributed by atoms with Crippen LogP contribution < -0.4 is 0 Å². The van der Waals surface area contributed by atoms with Crippen molar-refractivity contribution in [3.05, 3.63) is 0 Å². The molecule has 2 amide bonds. The van der Waals surface area contributed by atoms with Crippen molar-refractivity contribution < 1.29 is 265 Å². The molecule has 6 aliphatic rings. The number of hydrogen-bond donors (Lipinski definition) is 0. The van der Waals surface area contributed by atoms with Crippen molar-refractivity contribution in [3.8, 4) is 0 Å². The molecule has 26 atom stereocenters. The predicted molar refractivity (Wildman–Crippen MR) is 455 cm³/mol. The molecule has 6 aliphatic heterocycles. The summed E-state index contributed by atoms with van der Waals surface area (Å²) >= 11 is 1.41. The van der Waals surface area contributed by atoms with Crippen LogP contribution in [0.4, 0.5) is 0 Å². The third-order valence-corrected chi connectivity index (χ3v) is 27.9. The summed E-state index contributed by atoms with van der Waals surface area (Å²) in [6, 6.07) is 0. The molecule has 0 N–H and O–H groups in total. The highest BCUT2D eigenvalue weighted by Crippen LogP contribution is 2.43. The Hall–Kier alpha value is -3.77. The van der Waals surface area contributed by atoms with E-state index < -0.39 is 258 Å². The second-order valence-corrected chi connectivity index (χ2v) is 40.0. The lowest BCUT2D eigenvalue weighted by Gasteiger charge is -2.51. The summed E-state index contributed by atoms with van der Waals surface area (Å²) in [6.07, 6.45) is -52.6. The maximum absolute atomic E-state index is 14.4. The van der Waals surface area contributed by atoms with E-state index >= 15 is 0 Å². The van der Waals surface area contributed by atoms with Crippen molar-refractivity contribution in [2.24, 2.45) is 0 Å². The third-order valence-electron chi connectivity index (χ3n) is 20.7. The Morgan fingerprint density at radius 1 is 0.336 bits per heavy atom. The van der Waals surface area contributed by atoms with Crippen LogP contribution in [0.25, 0.3) is 0 Å². The molecule has 0 saturated carbocycles. The van der Waals surface area contributed by atoms with Crippen LogP contribution in [0.5, 0.6) is 0 Å². The number of ether oxygens (including phenoxy) is 26.